The number of rotatable bonds is 5. The first-order valence-corrected chi connectivity index (χ1v) is 8.68. The molecule has 23 heavy (non-hydrogen) atoms. The largest absolute Gasteiger partial charge is 0.376 e. The highest BCUT2D eigenvalue weighted by Gasteiger charge is 2.43. The minimum absolute atomic E-state index is 0.00865. The van der Waals surface area contributed by atoms with Gasteiger partial charge in [-0.3, -0.25) is 14.5 Å². The van der Waals surface area contributed by atoms with E-state index >= 15 is 0 Å². The van der Waals surface area contributed by atoms with Crippen molar-refractivity contribution < 1.29 is 14.3 Å². The maximum absolute atomic E-state index is 12.3. The van der Waals surface area contributed by atoms with Gasteiger partial charge in [0.05, 0.1) is 18.8 Å². The molecule has 1 aromatic carbocycles. The molecule has 0 N–H and O–H groups in total. The lowest BCUT2D eigenvalue weighted by atomic mass is 9.91. The smallest absolute Gasteiger partial charge is 0.232 e. The van der Waals surface area contributed by atoms with E-state index < -0.39 is 0 Å². The van der Waals surface area contributed by atoms with E-state index in [0.29, 0.717) is 13.0 Å². The Kier molecular flexibility index (Phi) is 5.11. The molecule has 3 rings (SSSR count). The van der Waals surface area contributed by atoms with E-state index in [2.05, 4.69) is 12.1 Å². The second kappa shape index (κ2) is 7.26. The van der Waals surface area contributed by atoms with Crippen LogP contribution in [0.4, 0.5) is 0 Å². The van der Waals surface area contributed by atoms with Gasteiger partial charge in [-0.05, 0) is 24.8 Å². The van der Waals surface area contributed by atoms with Crippen LogP contribution in [0.5, 0.6) is 0 Å². The van der Waals surface area contributed by atoms with Gasteiger partial charge >= 0.3 is 0 Å². The van der Waals surface area contributed by atoms with Gasteiger partial charge < -0.3 is 4.74 Å². The van der Waals surface area contributed by atoms with Crippen LogP contribution in [0.2, 0.25) is 0 Å². The van der Waals surface area contributed by atoms with Crippen LogP contribution in [0.25, 0.3) is 0 Å². The number of carbonyl (C=O) groups is 2. The molecule has 3 atom stereocenters. The maximum Gasteiger partial charge on any atom is 0.232 e. The molecule has 0 spiro atoms. The Labute approximate surface area is 137 Å². The average Bonchev–Trinajstić information content (AvgIpc) is 2.82. The molecule has 1 saturated carbocycles. The van der Waals surface area contributed by atoms with Crippen molar-refractivity contribution in [3.8, 4) is 0 Å². The van der Waals surface area contributed by atoms with Crippen molar-refractivity contribution in [2.75, 3.05) is 6.61 Å². The lowest BCUT2D eigenvalue weighted by molar-refractivity contribution is -0.147. The van der Waals surface area contributed by atoms with Gasteiger partial charge in [-0.25, -0.2) is 0 Å². The summed E-state index contributed by atoms with van der Waals surface area (Å²) in [5.41, 5.74) is 1.25. The van der Waals surface area contributed by atoms with E-state index in [0.717, 1.165) is 32.1 Å². The van der Waals surface area contributed by atoms with E-state index in [4.69, 9.17) is 4.74 Å². The van der Waals surface area contributed by atoms with E-state index in [-0.39, 0.29) is 29.9 Å². The lowest BCUT2D eigenvalue weighted by Crippen LogP contribution is -2.49. The molecule has 0 bridgehead atoms. The third kappa shape index (κ3) is 3.63. The molecule has 2 amide bonds. The first kappa shape index (κ1) is 16.2. The zero-order valence-electron chi connectivity index (χ0n) is 13.7. The number of benzene rings is 1. The summed E-state index contributed by atoms with van der Waals surface area (Å²) in [4.78, 5) is 26.0. The highest BCUT2D eigenvalue weighted by molar-refractivity contribution is 6.03. The molecule has 1 heterocycles. The molecule has 4 heteroatoms. The highest BCUT2D eigenvalue weighted by Crippen LogP contribution is 2.31. The summed E-state index contributed by atoms with van der Waals surface area (Å²) < 4.78 is 6.10. The number of likely N-dealkylation sites (tertiary alicyclic amines) is 1. The van der Waals surface area contributed by atoms with Crippen molar-refractivity contribution in [1.82, 2.24) is 4.90 Å². The molecular formula is C19H25NO3. The number of ether oxygens (including phenoxy) is 1. The number of carbonyl (C=O) groups excluding carboxylic acids is 2. The molecule has 0 unspecified atom stereocenters. The molecule has 124 valence electrons. The van der Waals surface area contributed by atoms with Gasteiger partial charge in [0.15, 0.2) is 0 Å². The third-order valence-electron chi connectivity index (χ3n) is 4.97. The molecule has 1 aliphatic carbocycles. The Balaban J connectivity index is 1.60. The minimum Gasteiger partial charge on any atom is -0.376 e. The molecule has 0 radical (unpaired) electrons. The van der Waals surface area contributed by atoms with Gasteiger partial charge in [0, 0.05) is 12.3 Å². The highest BCUT2D eigenvalue weighted by atomic mass is 16.5. The summed E-state index contributed by atoms with van der Waals surface area (Å²) in [7, 11) is 0. The SMILES string of the molecule is C[C@H]1CC(=O)N([C@@H]2CCCC[C@H]2OCCc2ccccc2)C1=O. The zero-order chi connectivity index (χ0) is 16.2. The van der Waals surface area contributed by atoms with E-state index in [1.54, 1.807) is 0 Å². The van der Waals surface area contributed by atoms with Crippen LogP contribution in [-0.4, -0.2) is 35.5 Å². The Bertz CT molecular complexity index is 557. The number of amides is 2. The minimum atomic E-state index is -0.172. The van der Waals surface area contributed by atoms with Crippen LogP contribution < -0.4 is 0 Å². The van der Waals surface area contributed by atoms with Gasteiger partial charge in [-0.2, -0.15) is 0 Å². The van der Waals surface area contributed by atoms with Crippen LogP contribution in [0.1, 0.15) is 44.6 Å². The standard InChI is InChI=1S/C19H25NO3/c1-14-13-18(21)20(19(14)22)16-9-5-6-10-17(16)23-12-11-15-7-3-2-4-8-15/h2-4,7-8,14,16-17H,5-6,9-13H2,1H3/t14-,16+,17+/m0/s1. The number of hydrogen-bond donors (Lipinski definition) is 0. The van der Waals surface area contributed by atoms with Crippen LogP contribution in [0, 0.1) is 5.92 Å². The molecule has 0 aromatic heterocycles. The second-order valence-corrected chi connectivity index (χ2v) is 6.70. The van der Waals surface area contributed by atoms with Crippen molar-refractivity contribution in [1.29, 1.82) is 0 Å². The van der Waals surface area contributed by atoms with Crippen molar-refractivity contribution in [2.24, 2.45) is 5.92 Å². The Hall–Kier alpha value is -1.68. The molecule has 4 nitrogen and oxygen atoms in total. The van der Waals surface area contributed by atoms with Gasteiger partial charge in [-0.15, -0.1) is 0 Å². The second-order valence-electron chi connectivity index (χ2n) is 6.70. The summed E-state index contributed by atoms with van der Waals surface area (Å²) in [6, 6.07) is 10.2. The average molecular weight is 315 g/mol. The summed E-state index contributed by atoms with van der Waals surface area (Å²) >= 11 is 0. The predicted octanol–water partition coefficient (Wildman–Crippen LogP) is 2.95. The summed E-state index contributed by atoms with van der Waals surface area (Å²) in [5, 5.41) is 0. The fourth-order valence-corrected chi connectivity index (χ4v) is 3.70. The first-order chi connectivity index (χ1) is 11.2. The number of nitrogens with zero attached hydrogens (tertiary/aromatic N) is 1. The van der Waals surface area contributed by atoms with Gasteiger partial charge in [0.2, 0.25) is 11.8 Å². The predicted molar refractivity (Wildman–Crippen MR) is 87.8 cm³/mol. The van der Waals surface area contributed by atoms with Crippen molar-refractivity contribution >= 4 is 11.8 Å². The Morgan fingerprint density at radius 3 is 2.57 bits per heavy atom. The molecule has 2 aliphatic rings. The quantitative estimate of drug-likeness (QED) is 0.785. The number of imide groups is 1. The molecule has 2 fully saturated rings. The van der Waals surface area contributed by atoms with E-state index in [1.807, 2.05) is 25.1 Å². The summed E-state index contributed by atoms with van der Waals surface area (Å²) in [6.07, 6.45) is 5.19. The van der Waals surface area contributed by atoms with Crippen molar-refractivity contribution in [3.63, 3.8) is 0 Å². The topological polar surface area (TPSA) is 46.6 Å². The molecular weight excluding hydrogens is 290 g/mol. The lowest BCUT2D eigenvalue weighted by Gasteiger charge is -2.36. The van der Waals surface area contributed by atoms with Crippen molar-refractivity contribution in [2.45, 2.75) is 57.6 Å². The Morgan fingerprint density at radius 2 is 1.87 bits per heavy atom. The monoisotopic (exact) mass is 315 g/mol. The normalized spacial score (nSPS) is 28.4. The summed E-state index contributed by atoms with van der Waals surface area (Å²) in [6.45, 7) is 2.48. The van der Waals surface area contributed by atoms with Crippen LogP contribution >= 0.6 is 0 Å². The first-order valence-electron chi connectivity index (χ1n) is 8.68. The van der Waals surface area contributed by atoms with Crippen LogP contribution in [-0.2, 0) is 20.7 Å². The number of hydrogen-bond acceptors (Lipinski definition) is 3. The molecule has 1 saturated heterocycles. The van der Waals surface area contributed by atoms with Gasteiger partial charge in [0.25, 0.3) is 0 Å². The fourth-order valence-electron chi connectivity index (χ4n) is 3.70. The van der Waals surface area contributed by atoms with E-state index in [9.17, 15) is 9.59 Å². The van der Waals surface area contributed by atoms with Crippen LogP contribution in [0.15, 0.2) is 30.3 Å². The van der Waals surface area contributed by atoms with Crippen molar-refractivity contribution in [3.05, 3.63) is 35.9 Å². The van der Waals surface area contributed by atoms with Gasteiger partial charge in [-0.1, -0.05) is 50.1 Å². The maximum atomic E-state index is 12.3. The fraction of sp³-hybridized carbons (Fsp3) is 0.579. The Morgan fingerprint density at radius 1 is 1.13 bits per heavy atom. The van der Waals surface area contributed by atoms with E-state index in [1.165, 1.54) is 10.5 Å². The summed E-state index contributed by atoms with van der Waals surface area (Å²) in [5.74, 6) is -0.209. The van der Waals surface area contributed by atoms with Crippen LogP contribution in [0.3, 0.4) is 0 Å². The molecule has 1 aliphatic heterocycles. The zero-order valence-corrected chi connectivity index (χ0v) is 13.7. The third-order valence-corrected chi connectivity index (χ3v) is 4.97. The molecule has 1 aromatic rings. The van der Waals surface area contributed by atoms with Gasteiger partial charge in [0.1, 0.15) is 0 Å².